The Balaban J connectivity index is 1.46. The first kappa shape index (κ1) is 21.2. The summed E-state index contributed by atoms with van der Waals surface area (Å²) >= 11 is 6.22. The Labute approximate surface area is 183 Å². The highest BCUT2D eigenvalue weighted by atomic mass is 35.5. The summed E-state index contributed by atoms with van der Waals surface area (Å²) in [4.78, 5) is 5.78. The molecule has 160 valence electrons. The van der Waals surface area contributed by atoms with Gasteiger partial charge in [0, 0.05) is 34.7 Å². The molecule has 0 radical (unpaired) electrons. The first-order valence-corrected chi connectivity index (χ1v) is 11.1. The molecular formula is C24H30ClN3O2. The first-order valence-electron chi connectivity index (χ1n) is 10.8. The van der Waals surface area contributed by atoms with Crippen LogP contribution in [0.5, 0.6) is 5.75 Å². The van der Waals surface area contributed by atoms with Crippen molar-refractivity contribution >= 4 is 22.5 Å². The monoisotopic (exact) mass is 427 g/mol. The summed E-state index contributed by atoms with van der Waals surface area (Å²) in [6.07, 6.45) is 0.489. The molecule has 0 spiro atoms. The number of aromatic nitrogens is 1. The molecule has 3 aromatic rings. The van der Waals surface area contributed by atoms with Crippen LogP contribution in [0.25, 0.3) is 10.9 Å². The van der Waals surface area contributed by atoms with Crippen molar-refractivity contribution in [1.82, 2.24) is 15.2 Å². The fourth-order valence-corrected chi connectivity index (χ4v) is 4.44. The number of likely N-dealkylation sites (N-methyl/N-ethyl adjacent to an activating group) is 1. The minimum atomic E-state index is -0.495. The van der Waals surface area contributed by atoms with Gasteiger partial charge in [0.2, 0.25) is 0 Å². The highest BCUT2D eigenvalue weighted by Crippen LogP contribution is 2.35. The topological polar surface area (TPSA) is 60.5 Å². The Morgan fingerprint density at radius 2 is 1.93 bits per heavy atom. The number of fused-ring (bicyclic) bond motifs is 3. The first-order chi connectivity index (χ1) is 14.6. The number of aliphatic hydroxyl groups is 1. The van der Waals surface area contributed by atoms with Crippen molar-refractivity contribution in [3.05, 3.63) is 64.3 Å². The maximum atomic E-state index is 10.2. The van der Waals surface area contributed by atoms with E-state index in [2.05, 4.69) is 47.2 Å². The van der Waals surface area contributed by atoms with Gasteiger partial charge in [0.15, 0.2) is 0 Å². The fourth-order valence-electron chi connectivity index (χ4n) is 4.27. The van der Waals surface area contributed by atoms with Crippen LogP contribution in [-0.2, 0) is 6.42 Å². The van der Waals surface area contributed by atoms with Crippen molar-refractivity contribution in [2.24, 2.45) is 0 Å². The molecule has 0 fully saturated rings. The number of benzene rings is 2. The molecule has 0 amide bonds. The van der Waals surface area contributed by atoms with Crippen molar-refractivity contribution < 1.29 is 9.84 Å². The number of hydrogen-bond donors (Lipinski definition) is 3. The lowest BCUT2D eigenvalue weighted by atomic mass is 9.94. The van der Waals surface area contributed by atoms with E-state index in [0.717, 1.165) is 42.3 Å². The Morgan fingerprint density at radius 1 is 1.17 bits per heavy atom. The molecule has 3 N–H and O–H groups in total. The van der Waals surface area contributed by atoms with Gasteiger partial charge in [-0.2, -0.15) is 0 Å². The molecule has 4 rings (SSSR count). The van der Waals surface area contributed by atoms with Crippen LogP contribution in [-0.4, -0.2) is 53.9 Å². The minimum absolute atomic E-state index is 0.113. The van der Waals surface area contributed by atoms with Gasteiger partial charge in [0.1, 0.15) is 18.5 Å². The molecule has 2 unspecified atom stereocenters. The van der Waals surface area contributed by atoms with Crippen LogP contribution in [0.4, 0.5) is 0 Å². The lowest BCUT2D eigenvalue weighted by Crippen LogP contribution is -2.35. The third-order valence-electron chi connectivity index (χ3n) is 5.93. The summed E-state index contributed by atoms with van der Waals surface area (Å²) < 4.78 is 5.81. The van der Waals surface area contributed by atoms with E-state index in [1.165, 1.54) is 22.2 Å². The number of ether oxygens (including phenoxy) is 1. The zero-order valence-corrected chi connectivity index (χ0v) is 18.4. The molecule has 5 nitrogen and oxygen atoms in total. The normalized spacial score (nSPS) is 17.3. The summed E-state index contributed by atoms with van der Waals surface area (Å²) in [5.74, 6) is 0.775. The van der Waals surface area contributed by atoms with Gasteiger partial charge in [0.05, 0.1) is 6.04 Å². The molecule has 0 bridgehead atoms. The zero-order chi connectivity index (χ0) is 21.1. The quantitative estimate of drug-likeness (QED) is 0.505. The average Bonchev–Trinajstić information content (AvgIpc) is 3.14. The molecule has 0 saturated heterocycles. The standard InChI is InChI=1S/C24H30ClN3O2/c1-3-28(4-2)14-18(29)15-30-19-8-5-16(6-9-19)23-24-20(11-12-26-23)21-13-17(25)7-10-22(21)27-24/h5-10,13,18,23,26-27,29H,3-4,11-12,14-15H2,1-2H3. The number of rotatable bonds is 8. The minimum Gasteiger partial charge on any atom is -0.491 e. The largest absolute Gasteiger partial charge is 0.491 e. The Kier molecular flexibility index (Phi) is 6.64. The van der Waals surface area contributed by atoms with Crippen LogP contribution in [0.1, 0.15) is 36.7 Å². The van der Waals surface area contributed by atoms with E-state index in [1.807, 2.05) is 24.3 Å². The van der Waals surface area contributed by atoms with E-state index in [4.69, 9.17) is 16.3 Å². The number of aliphatic hydroxyl groups excluding tert-OH is 1. The van der Waals surface area contributed by atoms with Gasteiger partial charge in [-0.3, -0.25) is 0 Å². The second-order valence-corrected chi connectivity index (χ2v) is 8.30. The summed E-state index contributed by atoms with van der Waals surface area (Å²) in [5.41, 5.74) is 4.86. The van der Waals surface area contributed by atoms with E-state index in [-0.39, 0.29) is 6.04 Å². The molecule has 1 aliphatic heterocycles. The van der Waals surface area contributed by atoms with Gasteiger partial charge in [-0.25, -0.2) is 0 Å². The Hall–Kier alpha value is -2.05. The van der Waals surface area contributed by atoms with Gasteiger partial charge < -0.3 is 25.0 Å². The molecule has 1 aromatic heterocycles. The van der Waals surface area contributed by atoms with Gasteiger partial charge in [0.25, 0.3) is 0 Å². The number of halogens is 1. The average molecular weight is 428 g/mol. The maximum absolute atomic E-state index is 10.2. The zero-order valence-electron chi connectivity index (χ0n) is 17.6. The molecule has 2 heterocycles. The third-order valence-corrected chi connectivity index (χ3v) is 6.17. The summed E-state index contributed by atoms with van der Waals surface area (Å²) in [5, 5.41) is 15.8. The molecule has 2 aromatic carbocycles. The van der Waals surface area contributed by atoms with Crippen LogP contribution in [0.3, 0.4) is 0 Å². The number of H-pyrrole nitrogens is 1. The predicted octanol–water partition coefficient (Wildman–Crippen LogP) is 4.14. The smallest absolute Gasteiger partial charge is 0.119 e. The van der Waals surface area contributed by atoms with Gasteiger partial charge in [-0.15, -0.1) is 0 Å². The second-order valence-electron chi connectivity index (χ2n) is 7.86. The molecule has 1 aliphatic rings. The van der Waals surface area contributed by atoms with E-state index < -0.39 is 6.10 Å². The summed E-state index contributed by atoms with van der Waals surface area (Å²) in [6.45, 7) is 7.91. The van der Waals surface area contributed by atoms with Crippen LogP contribution in [0, 0.1) is 0 Å². The fraction of sp³-hybridized carbons (Fsp3) is 0.417. The lowest BCUT2D eigenvalue weighted by Gasteiger charge is -2.25. The molecular weight excluding hydrogens is 398 g/mol. The Morgan fingerprint density at radius 3 is 2.67 bits per heavy atom. The van der Waals surface area contributed by atoms with Crippen LogP contribution in [0.2, 0.25) is 5.02 Å². The highest BCUT2D eigenvalue weighted by molar-refractivity contribution is 6.31. The van der Waals surface area contributed by atoms with E-state index in [0.29, 0.717) is 13.2 Å². The number of nitrogens with zero attached hydrogens (tertiary/aromatic N) is 1. The highest BCUT2D eigenvalue weighted by Gasteiger charge is 2.25. The van der Waals surface area contributed by atoms with Crippen molar-refractivity contribution in [2.75, 3.05) is 32.8 Å². The number of hydrogen-bond acceptors (Lipinski definition) is 4. The Bertz CT molecular complexity index is 982. The van der Waals surface area contributed by atoms with Crippen molar-refractivity contribution in [3.63, 3.8) is 0 Å². The van der Waals surface area contributed by atoms with Crippen LogP contribution in [0.15, 0.2) is 42.5 Å². The van der Waals surface area contributed by atoms with E-state index in [1.54, 1.807) is 0 Å². The van der Waals surface area contributed by atoms with Crippen molar-refractivity contribution in [1.29, 1.82) is 0 Å². The van der Waals surface area contributed by atoms with Gasteiger partial charge >= 0.3 is 0 Å². The van der Waals surface area contributed by atoms with Crippen molar-refractivity contribution in [3.8, 4) is 5.75 Å². The summed E-state index contributed by atoms with van der Waals surface area (Å²) in [7, 11) is 0. The molecule has 30 heavy (non-hydrogen) atoms. The SMILES string of the molecule is CCN(CC)CC(O)COc1ccc(C2NCCc3c2[nH]c2ccc(Cl)cc32)cc1. The van der Waals surface area contributed by atoms with E-state index in [9.17, 15) is 5.11 Å². The number of nitrogens with one attached hydrogen (secondary N) is 2. The second kappa shape index (κ2) is 9.40. The van der Waals surface area contributed by atoms with E-state index >= 15 is 0 Å². The van der Waals surface area contributed by atoms with Crippen LogP contribution >= 0.6 is 11.6 Å². The molecule has 0 aliphatic carbocycles. The van der Waals surface area contributed by atoms with Crippen LogP contribution < -0.4 is 10.1 Å². The molecule has 0 saturated carbocycles. The number of aromatic amines is 1. The third kappa shape index (κ3) is 4.49. The molecule has 2 atom stereocenters. The predicted molar refractivity (Wildman–Crippen MR) is 123 cm³/mol. The lowest BCUT2D eigenvalue weighted by molar-refractivity contribution is 0.0716. The van der Waals surface area contributed by atoms with Gasteiger partial charge in [-0.05, 0) is 61.0 Å². The summed E-state index contributed by atoms with van der Waals surface area (Å²) in [6, 6.07) is 14.3. The maximum Gasteiger partial charge on any atom is 0.119 e. The van der Waals surface area contributed by atoms with Gasteiger partial charge in [-0.1, -0.05) is 37.6 Å². The molecule has 6 heteroatoms. The van der Waals surface area contributed by atoms with Crippen molar-refractivity contribution in [2.45, 2.75) is 32.4 Å².